The van der Waals surface area contributed by atoms with Gasteiger partial charge in [-0.3, -0.25) is 0 Å². The summed E-state index contributed by atoms with van der Waals surface area (Å²) < 4.78 is 0. The Balaban J connectivity index is 3.83. The van der Waals surface area contributed by atoms with Gasteiger partial charge in [-0.2, -0.15) is 0 Å². The van der Waals surface area contributed by atoms with Crippen LogP contribution in [0.4, 0.5) is 0 Å². The van der Waals surface area contributed by atoms with Gasteiger partial charge < -0.3 is 10.6 Å². The van der Waals surface area contributed by atoms with E-state index in [2.05, 4.69) is 18.8 Å². The molecule has 0 heterocycles. The monoisotopic (exact) mass is 130 g/mol. The highest BCUT2D eigenvalue weighted by Crippen LogP contribution is 1.92. The third kappa shape index (κ3) is 1.93. The first-order chi connectivity index (χ1) is 3.55. The van der Waals surface area contributed by atoms with E-state index in [1.54, 1.807) is 11.9 Å². The molecule has 0 aromatic carbocycles. The molecular formula is C5H10N2S. The Kier molecular flexibility index (Phi) is 2.48. The molecule has 0 aromatic heterocycles. The molecule has 0 spiro atoms. The van der Waals surface area contributed by atoms with Crippen molar-refractivity contribution in [2.24, 2.45) is 5.73 Å². The van der Waals surface area contributed by atoms with Crippen LogP contribution in [0.2, 0.25) is 0 Å². The van der Waals surface area contributed by atoms with E-state index in [-0.39, 0.29) is 0 Å². The lowest BCUT2D eigenvalue weighted by atomic mass is 10.5. The van der Waals surface area contributed by atoms with E-state index in [9.17, 15) is 0 Å². The zero-order valence-electron chi connectivity index (χ0n) is 5.14. The molecule has 0 bridgehead atoms. The Bertz CT molecular complexity index is 106. The van der Waals surface area contributed by atoms with Crippen LogP contribution in [0.1, 0.15) is 6.92 Å². The van der Waals surface area contributed by atoms with Crippen molar-refractivity contribution in [1.29, 1.82) is 0 Å². The van der Waals surface area contributed by atoms with Crippen LogP contribution in [-0.2, 0) is 0 Å². The lowest BCUT2D eigenvalue weighted by molar-refractivity contribution is 0.636. The van der Waals surface area contributed by atoms with Crippen LogP contribution in [0.5, 0.6) is 0 Å². The summed E-state index contributed by atoms with van der Waals surface area (Å²) in [6.45, 7) is 5.48. The smallest absolute Gasteiger partial charge is 0.170 e. The summed E-state index contributed by atoms with van der Waals surface area (Å²) >= 11 is 4.64. The van der Waals surface area contributed by atoms with Gasteiger partial charge in [0.1, 0.15) is 0 Å². The maximum absolute atomic E-state index is 5.23. The fourth-order valence-corrected chi connectivity index (χ4v) is 0.344. The van der Waals surface area contributed by atoms with Gasteiger partial charge in [0, 0.05) is 12.7 Å². The highest BCUT2D eigenvalue weighted by Gasteiger charge is 1.95. The van der Waals surface area contributed by atoms with Gasteiger partial charge in [0.2, 0.25) is 0 Å². The van der Waals surface area contributed by atoms with Crippen LogP contribution in [0, 0.1) is 0 Å². The van der Waals surface area contributed by atoms with Crippen molar-refractivity contribution in [1.82, 2.24) is 4.90 Å². The normalized spacial score (nSPS) is 8.25. The molecule has 0 aliphatic heterocycles. The lowest BCUT2D eigenvalue weighted by Crippen LogP contribution is -2.29. The van der Waals surface area contributed by atoms with Crippen LogP contribution in [0.3, 0.4) is 0 Å². The molecule has 0 atom stereocenters. The third-order valence-corrected chi connectivity index (χ3v) is 1.18. The second kappa shape index (κ2) is 2.67. The number of nitrogens with zero attached hydrogens (tertiary/aromatic N) is 1. The molecule has 0 aliphatic rings. The van der Waals surface area contributed by atoms with Crippen LogP contribution < -0.4 is 5.73 Å². The molecule has 0 aromatic rings. The maximum Gasteiger partial charge on any atom is 0.170 e. The highest BCUT2D eigenvalue weighted by molar-refractivity contribution is 7.80. The van der Waals surface area contributed by atoms with Gasteiger partial charge in [0.05, 0.1) is 0 Å². The average Bonchev–Trinajstić information content (AvgIpc) is 1.64. The van der Waals surface area contributed by atoms with E-state index in [1.165, 1.54) is 0 Å². The number of nitrogens with two attached hydrogens (primary N) is 1. The lowest BCUT2D eigenvalue weighted by Gasteiger charge is -2.14. The van der Waals surface area contributed by atoms with Crippen molar-refractivity contribution in [3.05, 3.63) is 12.3 Å². The predicted molar refractivity (Wildman–Crippen MR) is 39.4 cm³/mol. The van der Waals surface area contributed by atoms with Gasteiger partial charge in [0.25, 0.3) is 0 Å². The van der Waals surface area contributed by atoms with Crippen LogP contribution in [-0.4, -0.2) is 17.1 Å². The largest absolute Gasteiger partial charge is 0.376 e. The minimum absolute atomic E-state index is 0.359. The molecule has 0 saturated carbocycles. The van der Waals surface area contributed by atoms with E-state index < -0.39 is 0 Å². The van der Waals surface area contributed by atoms with Gasteiger partial charge in [-0.15, -0.1) is 0 Å². The van der Waals surface area contributed by atoms with Crippen molar-refractivity contribution in [3.63, 3.8) is 0 Å². The van der Waals surface area contributed by atoms with E-state index in [4.69, 9.17) is 5.73 Å². The zero-order valence-corrected chi connectivity index (χ0v) is 5.96. The molecule has 0 amide bonds. The number of hydrogen-bond donors (Lipinski definition) is 1. The Morgan fingerprint density at radius 2 is 2.12 bits per heavy atom. The summed E-state index contributed by atoms with van der Waals surface area (Å²) in [5.74, 6) is 0. The number of thiocarbonyl (C=S) groups is 1. The second-order valence-electron chi connectivity index (χ2n) is 1.63. The number of hydrogen-bond acceptors (Lipinski definition) is 1. The van der Waals surface area contributed by atoms with E-state index >= 15 is 0 Å². The Labute approximate surface area is 55.0 Å². The first-order valence-electron chi connectivity index (χ1n) is 2.24. The van der Waals surface area contributed by atoms with Crippen LogP contribution >= 0.6 is 12.2 Å². The second-order valence-corrected chi connectivity index (χ2v) is 2.05. The first-order valence-corrected chi connectivity index (χ1v) is 2.65. The minimum atomic E-state index is 0.359. The summed E-state index contributed by atoms with van der Waals surface area (Å²) in [6, 6.07) is 0. The van der Waals surface area contributed by atoms with Gasteiger partial charge in [-0.05, 0) is 19.1 Å². The molecule has 2 N–H and O–H groups in total. The molecule has 0 radical (unpaired) electrons. The van der Waals surface area contributed by atoms with Crippen LogP contribution in [0.15, 0.2) is 12.3 Å². The van der Waals surface area contributed by atoms with Crippen molar-refractivity contribution >= 4 is 17.3 Å². The zero-order chi connectivity index (χ0) is 6.73. The third-order valence-electron chi connectivity index (χ3n) is 0.903. The van der Waals surface area contributed by atoms with Crippen molar-refractivity contribution in [3.8, 4) is 0 Å². The molecule has 0 fully saturated rings. The molecule has 46 valence electrons. The number of allylic oxidation sites excluding steroid dienone is 1. The van der Waals surface area contributed by atoms with E-state index in [0.717, 1.165) is 5.70 Å². The van der Waals surface area contributed by atoms with Gasteiger partial charge in [-0.25, -0.2) is 0 Å². The minimum Gasteiger partial charge on any atom is -0.376 e. The standard InChI is InChI=1S/C5H10N2S/c1-4(2)7(3)5(6)8/h1H2,2-3H3,(H2,6,8). The molecule has 2 nitrogen and oxygen atoms in total. The summed E-state index contributed by atoms with van der Waals surface area (Å²) in [5, 5.41) is 0.359. The van der Waals surface area contributed by atoms with E-state index in [1.807, 2.05) is 6.92 Å². The molecule has 0 aliphatic carbocycles. The van der Waals surface area contributed by atoms with Gasteiger partial charge in [0.15, 0.2) is 5.11 Å². The van der Waals surface area contributed by atoms with Crippen molar-refractivity contribution in [2.75, 3.05) is 7.05 Å². The SMILES string of the molecule is C=C(C)N(C)C(N)=S. The van der Waals surface area contributed by atoms with Crippen molar-refractivity contribution in [2.45, 2.75) is 6.92 Å². The topological polar surface area (TPSA) is 29.3 Å². The summed E-state index contributed by atoms with van der Waals surface area (Å²) in [4.78, 5) is 1.65. The van der Waals surface area contributed by atoms with Crippen molar-refractivity contribution < 1.29 is 0 Å². The highest BCUT2D eigenvalue weighted by atomic mass is 32.1. The summed E-state index contributed by atoms with van der Waals surface area (Å²) in [6.07, 6.45) is 0. The Morgan fingerprint density at radius 1 is 1.75 bits per heavy atom. The Morgan fingerprint density at radius 3 is 2.12 bits per heavy atom. The molecule has 0 rings (SSSR count). The molecular weight excluding hydrogens is 120 g/mol. The quantitative estimate of drug-likeness (QED) is 0.530. The fourth-order valence-electron chi connectivity index (χ4n) is 0.188. The van der Waals surface area contributed by atoms with Crippen LogP contribution in [0.25, 0.3) is 0 Å². The predicted octanol–water partition coefficient (Wildman–Crippen LogP) is 0.695. The summed E-state index contributed by atoms with van der Waals surface area (Å²) in [7, 11) is 1.78. The Hall–Kier alpha value is -0.570. The van der Waals surface area contributed by atoms with Gasteiger partial charge >= 0.3 is 0 Å². The van der Waals surface area contributed by atoms with E-state index in [0.29, 0.717) is 5.11 Å². The molecule has 0 saturated heterocycles. The van der Waals surface area contributed by atoms with Gasteiger partial charge in [-0.1, -0.05) is 6.58 Å². The fraction of sp³-hybridized carbons (Fsp3) is 0.400. The average molecular weight is 130 g/mol. The molecule has 0 unspecified atom stereocenters. The molecule has 8 heavy (non-hydrogen) atoms. The number of rotatable bonds is 1. The first kappa shape index (κ1) is 7.43. The summed E-state index contributed by atoms with van der Waals surface area (Å²) in [5.41, 5.74) is 6.09. The maximum atomic E-state index is 5.23. The molecule has 3 heteroatoms.